The van der Waals surface area contributed by atoms with Crippen LogP contribution in [0.2, 0.25) is 0 Å². The summed E-state index contributed by atoms with van der Waals surface area (Å²) in [5, 5.41) is 2.71. The molecule has 0 heterocycles. The Morgan fingerprint density at radius 3 is 2.80 bits per heavy atom. The third kappa shape index (κ3) is 6.51. The Kier molecular flexibility index (Phi) is 8.37. The maximum atomic E-state index is 11.6. The van der Waals surface area contributed by atoms with Gasteiger partial charge in [-0.3, -0.25) is 4.79 Å². The van der Waals surface area contributed by atoms with Crippen LogP contribution in [-0.2, 0) is 20.8 Å². The SMILES string of the molecule is COCCOCCNC(=O)COc1ccccc1CN. The molecular formula is C14H22N2O4. The summed E-state index contributed by atoms with van der Waals surface area (Å²) in [5.74, 6) is 0.452. The van der Waals surface area contributed by atoms with Gasteiger partial charge in [-0.15, -0.1) is 0 Å². The summed E-state index contributed by atoms with van der Waals surface area (Å²) in [7, 11) is 1.61. The summed E-state index contributed by atoms with van der Waals surface area (Å²) in [6.45, 7) is 2.32. The van der Waals surface area contributed by atoms with Crippen LogP contribution in [0.15, 0.2) is 24.3 Å². The van der Waals surface area contributed by atoms with Crippen LogP contribution in [0, 0.1) is 0 Å². The summed E-state index contributed by atoms with van der Waals surface area (Å²) >= 11 is 0. The second kappa shape index (κ2) is 10.2. The Morgan fingerprint density at radius 1 is 1.25 bits per heavy atom. The summed E-state index contributed by atoms with van der Waals surface area (Å²) in [6, 6.07) is 7.39. The van der Waals surface area contributed by atoms with Crippen molar-refractivity contribution in [1.82, 2.24) is 5.32 Å². The number of hydrogen-bond donors (Lipinski definition) is 2. The van der Waals surface area contributed by atoms with Gasteiger partial charge in [0, 0.05) is 25.8 Å². The monoisotopic (exact) mass is 282 g/mol. The lowest BCUT2D eigenvalue weighted by Gasteiger charge is -2.10. The topological polar surface area (TPSA) is 82.8 Å². The average Bonchev–Trinajstić information content (AvgIpc) is 2.49. The van der Waals surface area contributed by atoms with E-state index in [9.17, 15) is 4.79 Å². The maximum Gasteiger partial charge on any atom is 0.258 e. The predicted molar refractivity (Wildman–Crippen MR) is 75.5 cm³/mol. The van der Waals surface area contributed by atoms with Gasteiger partial charge in [0.15, 0.2) is 6.61 Å². The highest BCUT2D eigenvalue weighted by molar-refractivity contribution is 5.77. The largest absolute Gasteiger partial charge is 0.483 e. The maximum absolute atomic E-state index is 11.6. The summed E-state index contributed by atoms with van der Waals surface area (Å²) in [5.41, 5.74) is 6.47. The van der Waals surface area contributed by atoms with E-state index in [4.69, 9.17) is 19.9 Å². The van der Waals surface area contributed by atoms with E-state index in [0.717, 1.165) is 5.56 Å². The van der Waals surface area contributed by atoms with Gasteiger partial charge in [0.25, 0.3) is 5.91 Å². The summed E-state index contributed by atoms with van der Waals surface area (Å²) in [6.07, 6.45) is 0. The number of carbonyl (C=O) groups excluding carboxylic acids is 1. The summed E-state index contributed by atoms with van der Waals surface area (Å²) in [4.78, 5) is 11.6. The van der Waals surface area contributed by atoms with Gasteiger partial charge < -0.3 is 25.3 Å². The van der Waals surface area contributed by atoms with E-state index in [1.807, 2.05) is 18.2 Å². The van der Waals surface area contributed by atoms with Crippen LogP contribution in [-0.4, -0.2) is 46.0 Å². The van der Waals surface area contributed by atoms with Crippen LogP contribution >= 0.6 is 0 Å². The van der Waals surface area contributed by atoms with Gasteiger partial charge in [0.2, 0.25) is 0 Å². The highest BCUT2D eigenvalue weighted by atomic mass is 16.5. The molecule has 0 aliphatic carbocycles. The lowest BCUT2D eigenvalue weighted by atomic mass is 10.2. The molecule has 0 atom stereocenters. The van der Waals surface area contributed by atoms with Gasteiger partial charge in [0.05, 0.1) is 19.8 Å². The molecule has 1 aromatic rings. The van der Waals surface area contributed by atoms with Crippen molar-refractivity contribution in [3.63, 3.8) is 0 Å². The molecule has 0 unspecified atom stereocenters. The smallest absolute Gasteiger partial charge is 0.258 e. The highest BCUT2D eigenvalue weighted by Gasteiger charge is 2.05. The third-order valence-electron chi connectivity index (χ3n) is 2.55. The van der Waals surface area contributed by atoms with Crippen molar-refractivity contribution in [2.45, 2.75) is 6.54 Å². The molecule has 3 N–H and O–H groups in total. The van der Waals surface area contributed by atoms with Crippen molar-refractivity contribution in [3.05, 3.63) is 29.8 Å². The first-order chi connectivity index (χ1) is 9.77. The normalized spacial score (nSPS) is 10.3. The minimum Gasteiger partial charge on any atom is -0.483 e. The molecule has 0 radical (unpaired) electrons. The zero-order chi connectivity index (χ0) is 14.6. The zero-order valence-corrected chi connectivity index (χ0v) is 11.8. The number of benzene rings is 1. The fraction of sp³-hybridized carbons (Fsp3) is 0.500. The van der Waals surface area contributed by atoms with Gasteiger partial charge in [-0.2, -0.15) is 0 Å². The fourth-order valence-electron chi connectivity index (χ4n) is 1.51. The molecule has 1 rings (SSSR count). The van der Waals surface area contributed by atoms with Crippen molar-refractivity contribution in [2.75, 3.05) is 40.1 Å². The minimum atomic E-state index is -0.188. The quantitative estimate of drug-likeness (QED) is 0.603. The molecule has 6 heteroatoms. The van der Waals surface area contributed by atoms with Gasteiger partial charge in [-0.1, -0.05) is 18.2 Å². The van der Waals surface area contributed by atoms with Crippen LogP contribution < -0.4 is 15.8 Å². The minimum absolute atomic E-state index is 0.0327. The van der Waals surface area contributed by atoms with Crippen molar-refractivity contribution >= 4 is 5.91 Å². The highest BCUT2D eigenvalue weighted by Crippen LogP contribution is 2.16. The van der Waals surface area contributed by atoms with Gasteiger partial charge in [-0.25, -0.2) is 0 Å². The van der Waals surface area contributed by atoms with Crippen LogP contribution in [0.1, 0.15) is 5.56 Å². The first kappa shape index (κ1) is 16.4. The molecule has 6 nitrogen and oxygen atoms in total. The van der Waals surface area contributed by atoms with Crippen molar-refractivity contribution < 1.29 is 19.0 Å². The number of ether oxygens (including phenoxy) is 3. The Balaban J connectivity index is 2.16. The predicted octanol–water partition coefficient (Wildman–Crippen LogP) is 0.303. The van der Waals surface area contributed by atoms with Crippen LogP contribution in [0.25, 0.3) is 0 Å². The Labute approximate surface area is 119 Å². The average molecular weight is 282 g/mol. The van der Waals surface area contributed by atoms with E-state index in [1.165, 1.54) is 0 Å². The molecule has 0 saturated carbocycles. The number of rotatable bonds is 10. The van der Waals surface area contributed by atoms with E-state index in [2.05, 4.69) is 5.32 Å². The second-order valence-corrected chi connectivity index (χ2v) is 4.06. The van der Waals surface area contributed by atoms with Crippen molar-refractivity contribution in [3.8, 4) is 5.75 Å². The molecular weight excluding hydrogens is 260 g/mol. The molecule has 0 aromatic heterocycles. The second-order valence-electron chi connectivity index (χ2n) is 4.06. The van der Waals surface area contributed by atoms with Gasteiger partial charge in [0.1, 0.15) is 5.75 Å². The van der Waals surface area contributed by atoms with Crippen molar-refractivity contribution in [1.29, 1.82) is 0 Å². The van der Waals surface area contributed by atoms with E-state index in [1.54, 1.807) is 13.2 Å². The fourth-order valence-corrected chi connectivity index (χ4v) is 1.51. The number of hydrogen-bond acceptors (Lipinski definition) is 5. The molecule has 20 heavy (non-hydrogen) atoms. The molecule has 1 aromatic carbocycles. The lowest BCUT2D eigenvalue weighted by molar-refractivity contribution is -0.123. The number of methoxy groups -OCH3 is 1. The van der Waals surface area contributed by atoms with E-state index in [-0.39, 0.29) is 12.5 Å². The molecule has 0 fully saturated rings. The molecule has 0 aliphatic rings. The zero-order valence-electron chi connectivity index (χ0n) is 11.8. The Hall–Kier alpha value is -1.63. The number of para-hydroxylation sites is 1. The third-order valence-corrected chi connectivity index (χ3v) is 2.55. The number of amides is 1. The van der Waals surface area contributed by atoms with E-state index in [0.29, 0.717) is 38.7 Å². The molecule has 0 saturated heterocycles. The van der Waals surface area contributed by atoms with E-state index < -0.39 is 0 Å². The molecule has 0 bridgehead atoms. The van der Waals surface area contributed by atoms with Crippen LogP contribution in [0.4, 0.5) is 0 Å². The number of nitrogens with two attached hydrogens (primary N) is 1. The van der Waals surface area contributed by atoms with Crippen LogP contribution in [0.3, 0.4) is 0 Å². The first-order valence-electron chi connectivity index (χ1n) is 6.52. The number of nitrogens with one attached hydrogen (secondary N) is 1. The Morgan fingerprint density at radius 2 is 2.05 bits per heavy atom. The van der Waals surface area contributed by atoms with Gasteiger partial charge in [-0.05, 0) is 6.07 Å². The standard InChI is InChI=1S/C14H22N2O4/c1-18-8-9-19-7-6-16-14(17)11-20-13-5-3-2-4-12(13)10-15/h2-5H,6-11,15H2,1H3,(H,16,17). The first-order valence-corrected chi connectivity index (χ1v) is 6.52. The molecule has 112 valence electrons. The number of carbonyl (C=O) groups is 1. The molecule has 0 spiro atoms. The Bertz CT molecular complexity index is 399. The molecule has 1 amide bonds. The van der Waals surface area contributed by atoms with Gasteiger partial charge >= 0.3 is 0 Å². The summed E-state index contributed by atoms with van der Waals surface area (Å²) < 4.78 is 15.5. The van der Waals surface area contributed by atoms with Crippen LogP contribution in [0.5, 0.6) is 5.75 Å². The van der Waals surface area contributed by atoms with Crippen molar-refractivity contribution in [2.24, 2.45) is 5.73 Å². The lowest BCUT2D eigenvalue weighted by Crippen LogP contribution is -2.32. The van der Waals surface area contributed by atoms with E-state index >= 15 is 0 Å². The molecule has 0 aliphatic heterocycles.